The highest BCUT2D eigenvalue weighted by atomic mass is 32.2. The minimum absolute atomic E-state index is 0.0356. The van der Waals surface area contributed by atoms with E-state index in [1.54, 1.807) is 65.3 Å². The van der Waals surface area contributed by atoms with E-state index in [2.05, 4.69) is 30.2 Å². The molecule has 0 saturated carbocycles. The van der Waals surface area contributed by atoms with Gasteiger partial charge in [-0.05, 0) is 67.1 Å². The smallest absolute Gasteiger partial charge is 0.257 e. The van der Waals surface area contributed by atoms with Gasteiger partial charge >= 0.3 is 0 Å². The standard InChI is InChI=1S/C33H31N7O5S2/c1-22-5-3-10-34-30(22)23-17-24(19-27(18-23)45-26-6-8-28(9-7-26)47(2,43)44)31(42)38-33-37-25(21-46-33)20-29(41)39-13-15-40(16-14-39)32-35-11-4-12-36-32/h3-12,17-19,21H,13-16,20H2,1-2H3,(H,37,38,42). The molecule has 0 bridgehead atoms. The van der Waals surface area contributed by atoms with Gasteiger partial charge < -0.3 is 14.5 Å². The summed E-state index contributed by atoms with van der Waals surface area (Å²) in [6.45, 7) is 4.33. The third-order valence-electron chi connectivity index (χ3n) is 7.51. The largest absolute Gasteiger partial charge is 0.457 e. The number of carbonyl (C=O) groups excluding carboxylic acids is 2. The van der Waals surface area contributed by atoms with Gasteiger partial charge in [-0.15, -0.1) is 11.3 Å². The molecule has 1 aliphatic heterocycles. The number of hydrogen-bond acceptors (Lipinski definition) is 11. The fourth-order valence-corrected chi connectivity index (χ4v) is 6.43. The average molecular weight is 670 g/mol. The van der Waals surface area contributed by atoms with Gasteiger partial charge in [0.05, 0.1) is 22.7 Å². The Hall–Kier alpha value is -5.21. The average Bonchev–Trinajstić information content (AvgIpc) is 3.51. The zero-order valence-electron chi connectivity index (χ0n) is 25.7. The van der Waals surface area contributed by atoms with E-state index in [9.17, 15) is 18.0 Å². The van der Waals surface area contributed by atoms with Gasteiger partial charge in [0, 0.05) is 67.5 Å². The molecule has 0 aliphatic carbocycles. The molecule has 47 heavy (non-hydrogen) atoms. The lowest BCUT2D eigenvalue weighted by molar-refractivity contribution is -0.130. The van der Waals surface area contributed by atoms with E-state index in [0.29, 0.717) is 71.3 Å². The van der Waals surface area contributed by atoms with Crippen LogP contribution in [-0.2, 0) is 21.1 Å². The Morgan fingerprint density at radius 3 is 2.34 bits per heavy atom. The quantitative estimate of drug-likeness (QED) is 0.235. The van der Waals surface area contributed by atoms with Crippen molar-refractivity contribution in [3.8, 4) is 22.8 Å². The van der Waals surface area contributed by atoms with Crippen molar-refractivity contribution in [1.82, 2.24) is 24.8 Å². The molecule has 1 saturated heterocycles. The number of aromatic nitrogens is 4. The van der Waals surface area contributed by atoms with E-state index in [0.717, 1.165) is 11.8 Å². The lowest BCUT2D eigenvalue weighted by Crippen LogP contribution is -2.49. The van der Waals surface area contributed by atoms with E-state index in [1.165, 1.54) is 23.5 Å². The van der Waals surface area contributed by atoms with Crippen molar-refractivity contribution in [2.24, 2.45) is 0 Å². The second kappa shape index (κ2) is 13.6. The molecule has 6 rings (SSSR count). The fraction of sp³-hybridized carbons (Fsp3) is 0.212. The Bertz CT molecular complexity index is 2010. The maximum absolute atomic E-state index is 13.5. The van der Waals surface area contributed by atoms with Crippen LogP contribution in [0.15, 0.2) is 89.5 Å². The number of nitrogens with zero attached hydrogens (tertiary/aromatic N) is 6. The first-order chi connectivity index (χ1) is 22.6. The van der Waals surface area contributed by atoms with Gasteiger partial charge in [0.1, 0.15) is 11.5 Å². The molecule has 2 aromatic carbocycles. The fourth-order valence-electron chi connectivity index (χ4n) is 5.10. The van der Waals surface area contributed by atoms with Crippen molar-refractivity contribution in [2.45, 2.75) is 18.2 Å². The summed E-state index contributed by atoms with van der Waals surface area (Å²) in [7, 11) is -3.36. The number of pyridine rings is 1. The molecule has 1 aliphatic rings. The van der Waals surface area contributed by atoms with Gasteiger partial charge in [0.25, 0.3) is 5.91 Å². The molecule has 2 amide bonds. The number of anilines is 2. The molecule has 14 heteroatoms. The lowest BCUT2D eigenvalue weighted by Gasteiger charge is -2.34. The Labute approximate surface area is 276 Å². The number of hydrogen-bond donors (Lipinski definition) is 1. The molecule has 1 fully saturated rings. The summed E-state index contributed by atoms with van der Waals surface area (Å²) in [5.74, 6) is 0.981. The van der Waals surface area contributed by atoms with E-state index >= 15 is 0 Å². The van der Waals surface area contributed by atoms with Crippen LogP contribution in [0.3, 0.4) is 0 Å². The van der Waals surface area contributed by atoms with Crippen molar-refractivity contribution in [2.75, 3.05) is 42.7 Å². The van der Waals surface area contributed by atoms with Crippen LogP contribution in [-0.4, -0.2) is 77.5 Å². The minimum Gasteiger partial charge on any atom is -0.457 e. The Morgan fingerprint density at radius 2 is 1.64 bits per heavy atom. The number of nitrogens with one attached hydrogen (secondary N) is 1. The van der Waals surface area contributed by atoms with E-state index < -0.39 is 15.7 Å². The molecule has 1 N–H and O–H groups in total. The van der Waals surface area contributed by atoms with Crippen LogP contribution in [0.1, 0.15) is 21.6 Å². The first-order valence-electron chi connectivity index (χ1n) is 14.7. The van der Waals surface area contributed by atoms with Gasteiger partial charge in [0.2, 0.25) is 11.9 Å². The highest BCUT2D eigenvalue weighted by molar-refractivity contribution is 7.90. The predicted octanol–water partition coefficient (Wildman–Crippen LogP) is 4.64. The Morgan fingerprint density at radius 1 is 0.915 bits per heavy atom. The summed E-state index contributed by atoms with van der Waals surface area (Å²) >= 11 is 1.24. The number of sulfone groups is 1. The van der Waals surface area contributed by atoms with Crippen molar-refractivity contribution < 1.29 is 22.7 Å². The third kappa shape index (κ3) is 7.79. The number of aryl methyl sites for hydroxylation is 1. The van der Waals surface area contributed by atoms with Crippen LogP contribution < -0.4 is 15.0 Å². The number of thiazole rings is 1. The van der Waals surface area contributed by atoms with Gasteiger partial charge in [-0.25, -0.2) is 23.4 Å². The molecule has 5 aromatic rings. The number of carbonyl (C=O) groups is 2. The summed E-state index contributed by atoms with van der Waals surface area (Å²) in [6.07, 6.45) is 6.34. The molecule has 0 atom stereocenters. The minimum atomic E-state index is -3.36. The van der Waals surface area contributed by atoms with Crippen molar-refractivity contribution in [3.05, 3.63) is 101 Å². The van der Waals surface area contributed by atoms with Crippen LogP contribution in [0.5, 0.6) is 11.5 Å². The Kier molecular flexibility index (Phi) is 9.22. The van der Waals surface area contributed by atoms with Crippen LogP contribution in [0.2, 0.25) is 0 Å². The maximum atomic E-state index is 13.5. The van der Waals surface area contributed by atoms with Crippen LogP contribution >= 0.6 is 11.3 Å². The zero-order valence-corrected chi connectivity index (χ0v) is 27.3. The number of piperazine rings is 1. The Balaban J connectivity index is 1.14. The van der Waals surface area contributed by atoms with E-state index in [1.807, 2.05) is 19.1 Å². The summed E-state index contributed by atoms with van der Waals surface area (Å²) in [6, 6.07) is 16.7. The number of ether oxygens (including phenoxy) is 1. The monoisotopic (exact) mass is 669 g/mol. The van der Waals surface area contributed by atoms with Gasteiger partial charge in [0.15, 0.2) is 15.0 Å². The summed E-state index contributed by atoms with van der Waals surface area (Å²) in [5, 5.41) is 4.98. The van der Waals surface area contributed by atoms with Gasteiger partial charge in [-0.3, -0.25) is 19.9 Å². The molecular weight excluding hydrogens is 639 g/mol. The summed E-state index contributed by atoms with van der Waals surface area (Å²) in [4.78, 5) is 48.1. The van der Waals surface area contributed by atoms with Crippen LogP contribution in [0.4, 0.5) is 11.1 Å². The third-order valence-corrected chi connectivity index (χ3v) is 9.45. The van der Waals surface area contributed by atoms with Crippen molar-refractivity contribution in [1.29, 1.82) is 0 Å². The molecule has 4 heterocycles. The first-order valence-corrected chi connectivity index (χ1v) is 17.5. The molecular formula is C33H31N7O5S2. The molecule has 240 valence electrons. The second-order valence-corrected chi connectivity index (χ2v) is 13.8. The van der Waals surface area contributed by atoms with E-state index in [-0.39, 0.29) is 17.2 Å². The number of amides is 2. The molecule has 0 radical (unpaired) electrons. The van der Waals surface area contributed by atoms with E-state index in [4.69, 9.17) is 4.74 Å². The number of benzene rings is 2. The van der Waals surface area contributed by atoms with Crippen molar-refractivity contribution >= 4 is 44.1 Å². The molecule has 12 nitrogen and oxygen atoms in total. The lowest BCUT2D eigenvalue weighted by atomic mass is 10.0. The SMILES string of the molecule is Cc1cccnc1-c1cc(Oc2ccc(S(C)(=O)=O)cc2)cc(C(=O)Nc2nc(CC(=O)N3CCN(c4ncccn4)CC3)cs2)c1. The first kappa shape index (κ1) is 31.8. The molecule has 3 aromatic heterocycles. The predicted molar refractivity (Wildman–Crippen MR) is 179 cm³/mol. The normalized spacial score (nSPS) is 13.3. The maximum Gasteiger partial charge on any atom is 0.257 e. The highest BCUT2D eigenvalue weighted by Crippen LogP contribution is 2.31. The summed E-state index contributed by atoms with van der Waals surface area (Å²) < 4.78 is 29.8. The molecule has 0 spiro atoms. The van der Waals surface area contributed by atoms with Crippen LogP contribution in [0, 0.1) is 6.92 Å². The zero-order chi connectivity index (χ0) is 33.0. The summed E-state index contributed by atoms with van der Waals surface area (Å²) in [5.41, 5.74) is 3.15. The number of rotatable bonds is 9. The van der Waals surface area contributed by atoms with Crippen LogP contribution in [0.25, 0.3) is 11.3 Å². The van der Waals surface area contributed by atoms with Gasteiger partial charge in [-0.1, -0.05) is 6.07 Å². The van der Waals surface area contributed by atoms with Gasteiger partial charge in [-0.2, -0.15) is 0 Å². The topological polar surface area (TPSA) is 148 Å². The molecule has 0 unspecified atom stereocenters. The second-order valence-electron chi connectivity index (χ2n) is 11.0. The van der Waals surface area contributed by atoms with Crippen molar-refractivity contribution in [3.63, 3.8) is 0 Å². The highest BCUT2D eigenvalue weighted by Gasteiger charge is 2.23.